The average Bonchev–Trinajstić information content (AvgIpc) is 2.42. The second-order valence-corrected chi connectivity index (χ2v) is 4.70. The van der Waals surface area contributed by atoms with Gasteiger partial charge in [-0.05, 0) is 41.8 Å². The van der Waals surface area contributed by atoms with Crippen LogP contribution in [0.1, 0.15) is 11.1 Å². The summed E-state index contributed by atoms with van der Waals surface area (Å²) in [4.78, 5) is 15.6. The number of amides is 1. The predicted molar refractivity (Wildman–Crippen MR) is 76.1 cm³/mol. The van der Waals surface area contributed by atoms with E-state index in [2.05, 4.69) is 10.3 Å². The van der Waals surface area contributed by atoms with E-state index in [0.717, 1.165) is 22.6 Å². The number of rotatable bonds is 5. The molecule has 0 aliphatic carbocycles. The fourth-order valence-corrected chi connectivity index (χ4v) is 1.87. The third-order valence-electron chi connectivity index (χ3n) is 2.76. The monoisotopic (exact) mass is 274 g/mol. The summed E-state index contributed by atoms with van der Waals surface area (Å²) >= 11 is 5.81. The van der Waals surface area contributed by atoms with Crippen LogP contribution in [-0.4, -0.2) is 17.4 Å². The second kappa shape index (κ2) is 6.90. The van der Waals surface area contributed by atoms with Gasteiger partial charge in [0, 0.05) is 24.0 Å². The van der Waals surface area contributed by atoms with Gasteiger partial charge in [-0.3, -0.25) is 9.78 Å². The summed E-state index contributed by atoms with van der Waals surface area (Å²) in [5.74, 6) is 0.0279. The number of hydrogen-bond donors (Lipinski definition) is 1. The van der Waals surface area contributed by atoms with Crippen molar-refractivity contribution in [2.24, 2.45) is 0 Å². The van der Waals surface area contributed by atoms with Gasteiger partial charge < -0.3 is 5.32 Å². The first-order valence-corrected chi connectivity index (χ1v) is 6.52. The van der Waals surface area contributed by atoms with Gasteiger partial charge in [0.25, 0.3) is 0 Å². The molecule has 1 heterocycles. The third kappa shape index (κ3) is 4.72. The Bertz CT molecular complexity index is 526. The number of nitrogens with zero attached hydrogens (tertiary/aromatic N) is 1. The molecule has 0 aliphatic rings. The molecule has 98 valence electrons. The lowest BCUT2D eigenvalue weighted by molar-refractivity contribution is -0.120. The highest BCUT2D eigenvalue weighted by Gasteiger charge is 2.02. The maximum atomic E-state index is 11.7. The number of hydrogen-bond acceptors (Lipinski definition) is 2. The Hall–Kier alpha value is -1.87. The lowest BCUT2D eigenvalue weighted by atomic mass is 10.1. The maximum Gasteiger partial charge on any atom is 0.224 e. The summed E-state index contributed by atoms with van der Waals surface area (Å²) < 4.78 is 0. The molecule has 4 heteroatoms. The average molecular weight is 275 g/mol. The number of aromatic nitrogens is 1. The van der Waals surface area contributed by atoms with E-state index in [0.29, 0.717) is 13.0 Å². The van der Waals surface area contributed by atoms with Crippen LogP contribution in [0, 0.1) is 0 Å². The minimum absolute atomic E-state index is 0.0279. The molecule has 1 aromatic carbocycles. The number of halogens is 1. The van der Waals surface area contributed by atoms with E-state index < -0.39 is 0 Å². The molecule has 2 rings (SSSR count). The standard InChI is InChI=1S/C15H15ClN2O/c16-14-3-1-12(2-4-14)7-10-18-15(19)11-13-5-8-17-9-6-13/h1-6,8-9H,7,10-11H2,(H,18,19). The first kappa shape index (κ1) is 13.6. The van der Waals surface area contributed by atoms with E-state index >= 15 is 0 Å². The van der Waals surface area contributed by atoms with Gasteiger partial charge >= 0.3 is 0 Å². The zero-order valence-corrected chi connectivity index (χ0v) is 11.2. The van der Waals surface area contributed by atoms with Gasteiger partial charge in [-0.25, -0.2) is 0 Å². The molecular weight excluding hydrogens is 260 g/mol. The highest BCUT2D eigenvalue weighted by Crippen LogP contribution is 2.09. The van der Waals surface area contributed by atoms with Gasteiger partial charge in [-0.1, -0.05) is 23.7 Å². The molecule has 19 heavy (non-hydrogen) atoms. The number of carbonyl (C=O) groups is 1. The Morgan fingerprint density at radius 3 is 2.42 bits per heavy atom. The lowest BCUT2D eigenvalue weighted by Crippen LogP contribution is -2.27. The summed E-state index contributed by atoms with van der Waals surface area (Å²) in [6, 6.07) is 11.3. The van der Waals surface area contributed by atoms with Crippen molar-refractivity contribution in [1.29, 1.82) is 0 Å². The molecule has 0 spiro atoms. The van der Waals surface area contributed by atoms with E-state index in [9.17, 15) is 4.79 Å². The summed E-state index contributed by atoms with van der Waals surface area (Å²) in [6.07, 6.45) is 4.58. The largest absolute Gasteiger partial charge is 0.355 e. The van der Waals surface area contributed by atoms with Gasteiger partial charge in [0.1, 0.15) is 0 Å². The zero-order valence-electron chi connectivity index (χ0n) is 10.5. The van der Waals surface area contributed by atoms with Crippen LogP contribution in [0.5, 0.6) is 0 Å². The van der Waals surface area contributed by atoms with Crippen LogP contribution in [0.15, 0.2) is 48.8 Å². The molecule has 0 unspecified atom stereocenters. The fraction of sp³-hybridized carbons (Fsp3) is 0.200. The van der Waals surface area contributed by atoms with E-state index in [1.807, 2.05) is 36.4 Å². The van der Waals surface area contributed by atoms with Crippen LogP contribution in [0.25, 0.3) is 0 Å². The van der Waals surface area contributed by atoms with Gasteiger partial charge in [-0.15, -0.1) is 0 Å². The lowest BCUT2D eigenvalue weighted by Gasteiger charge is -2.05. The van der Waals surface area contributed by atoms with Crippen LogP contribution in [0.4, 0.5) is 0 Å². The summed E-state index contributed by atoms with van der Waals surface area (Å²) in [5, 5.41) is 3.63. The second-order valence-electron chi connectivity index (χ2n) is 4.26. The maximum absolute atomic E-state index is 11.7. The van der Waals surface area contributed by atoms with Crippen molar-refractivity contribution in [3.05, 3.63) is 64.9 Å². The SMILES string of the molecule is O=C(Cc1ccncc1)NCCc1ccc(Cl)cc1. The third-order valence-corrected chi connectivity index (χ3v) is 3.02. The normalized spacial score (nSPS) is 10.2. The van der Waals surface area contributed by atoms with E-state index in [1.54, 1.807) is 12.4 Å². The molecule has 0 atom stereocenters. The Labute approximate surface area is 117 Å². The van der Waals surface area contributed by atoms with Crippen LogP contribution >= 0.6 is 11.6 Å². The molecule has 0 saturated carbocycles. The van der Waals surface area contributed by atoms with Gasteiger partial charge in [-0.2, -0.15) is 0 Å². The van der Waals surface area contributed by atoms with E-state index in [-0.39, 0.29) is 5.91 Å². The van der Waals surface area contributed by atoms with E-state index in [4.69, 9.17) is 11.6 Å². The van der Waals surface area contributed by atoms with Crippen LogP contribution in [-0.2, 0) is 17.6 Å². The predicted octanol–water partition coefficient (Wildman–Crippen LogP) is 2.64. The number of pyridine rings is 1. The molecule has 1 amide bonds. The number of nitrogens with one attached hydrogen (secondary N) is 1. The first-order chi connectivity index (χ1) is 9.24. The Morgan fingerprint density at radius 2 is 1.74 bits per heavy atom. The van der Waals surface area contributed by atoms with Crippen molar-refractivity contribution in [2.75, 3.05) is 6.54 Å². The molecule has 3 nitrogen and oxygen atoms in total. The topological polar surface area (TPSA) is 42.0 Å². The van der Waals surface area contributed by atoms with Crippen molar-refractivity contribution in [3.8, 4) is 0 Å². The van der Waals surface area contributed by atoms with Crippen LogP contribution in [0.2, 0.25) is 5.02 Å². The van der Waals surface area contributed by atoms with Crippen molar-refractivity contribution in [1.82, 2.24) is 10.3 Å². The van der Waals surface area contributed by atoms with Gasteiger partial charge in [0.15, 0.2) is 0 Å². The first-order valence-electron chi connectivity index (χ1n) is 6.14. The Morgan fingerprint density at radius 1 is 1.05 bits per heavy atom. The molecule has 0 saturated heterocycles. The molecule has 2 aromatic rings. The van der Waals surface area contributed by atoms with Gasteiger partial charge in [0.05, 0.1) is 6.42 Å². The van der Waals surface area contributed by atoms with Crippen LogP contribution in [0.3, 0.4) is 0 Å². The molecule has 1 aromatic heterocycles. The summed E-state index contributed by atoms with van der Waals surface area (Å²) in [5.41, 5.74) is 2.13. The molecule has 0 radical (unpaired) electrons. The summed E-state index contributed by atoms with van der Waals surface area (Å²) in [7, 11) is 0. The zero-order chi connectivity index (χ0) is 13.5. The highest BCUT2D eigenvalue weighted by atomic mass is 35.5. The smallest absolute Gasteiger partial charge is 0.224 e. The fourth-order valence-electron chi connectivity index (χ4n) is 1.75. The number of carbonyl (C=O) groups excluding carboxylic acids is 1. The minimum Gasteiger partial charge on any atom is -0.355 e. The van der Waals surface area contributed by atoms with Crippen molar-refractivity contribution in [2.45, 2.75) is 12.8 Å². The molecule has 0 fully saturated rings. The molecular formula is C15H15ClN2O. The van der Waals surface area contributed by atoms with Crippen molar-refractivity contribution < 1.29 is 4.79 Å². The summed E-state index contributed by atoms with van der Waals surface area (Å²) in [6.45, 7) is 0.631. The van der Waals surface area contributed by atoms with Crippen molar-refractivity contribution in [3.63, 3.8) is 0 Å². The number of benzene rings is 1. The van der Waals surface area contributed by atoms with Gasteiger partial charge in [0.2, 0.25) is 5.91 Å². The quantitative estimate of drug-likeness (QED) is 0.911. The minimum atomic E-state index is 0.0279. The van der Waals surface area contributed by atoms with E-state index in [1.165, 1.54) is 0 Å². The Kier molecular flexibility index (Phi) is 4.93. The highest BCUT2D eigenvalue weighted by molar-refractivity contribution is 6.30. The Balaban J connectivity index is 1.74. The molecule has 0 bridgehead atoms. The molecule has 0 aliphatic heterocycles. The van der Waals surface area contributed by atoms with Crippen LogP contribution < -0.4 is 5.32 Å². The van der Waals surface area contributed by atoms with Crippen molar-refractivity contribution >= 4 is 17.5 Å². The molecule has 1 N–H and O–H groups in total.